The maximum atomic E-state index is 11.4. The van der Waals surface area contributed by atoms with Gasteiger partial charge in [-0.2, -0.15) is 0 Å². The van der Waals surface area contributed by atoms with E-state index >= 15 is 0 Å². The number of hydrogen-bond acceptors (Lipinski definition) is 2. The topological polar surface area (TPSA) is 29.5 Å². The summed E-state index contributed by atoms with van der Waals surface area (Å²) >= 11 is 5.52. The fourth-order valence-electron chi connectivity index (χ4n) is 1.69. The Morgan fingerprint density at radius 1 is 1.35 bits per heavy atom. The molecule has 94 valence electrons. The minimum atomic E-state index is -0.0699. The summed E-state index contributed by atoms with van der Waals surface area (Å²) in [6.45, 7) is 4.62. The van der Waals surface area contributed by atoms with Gasteiger partial charge in [0, 0.05) is 13.6 Å². The molecule has 0 aliphatic rings. The summed E-state index contributed by atoms with van der Waals surface area (Å²) in [5, 5.41) is 0. The van der Waals surface area contributed by atoms with Gasteiger partial charge in [0.2, 0.25) is 5.91 Å². The summed E-state index contributed by atoms with van der Waals surface area (Å²) < 4.78 is 5.25. The van der Waals surface area contributed by atoms with Crippen molar-refractivity contribution < 1.29 is 9.53 Å². The van der Waals surface area contributed by atoms with Crippen LogP contribution in [0.15, 0.2) is 12.1 Å². The van der Waals surface area contributed by atoms with Crippen molar-refractivity contribution in [2.24, 2.45) is 0 Å². The standard InChI is InChI=1S/C13H18ClNO2/c1-9-10(2)12(17-4)6-5-11(9)8-15(3)13(16)7-14/h5-6H,7-8H2,1-4H3. The molecule has 0 heterocycles. The van der Waals surface area contributed by atoms with Crippen LogP contribution in [0.5, 0.6) is 5.75 Å². The van der Waals surface area contributed by atoms with Gasteiger partial charge in [0.15, 0.2) is 0 Å². The van der Waals surface area contributed by atoms with Crippen LogP contribution in [0.4, 0.5) is 0 Å². The Hall–Kier alpha value is -1.22. The SMILES string of the molecule is COc1ccc(CN(C)C(=O)CCl)c(C)c1C. The highest BCUT2D eigenvalue weighted by atomic mass is 35.5. The number of hydrogen-bond donors (Lipinski definition) is 0. The number of rotatable bonds is 4. The van der Waals surface area contributed by atoms with E-state index in [1.54, 1.807) is 19.1 Å². The van der Waals surface area contributed by atoms with E-state index in [-0.39, 0.29) is 11.8 Å². The zero-order valence-electron chi connectivity index (χ0n) is 10.7. The monoisotopic (exact) mass is 255 g/mol. The number of nitrogens with zero attached hydrogens (tertiary/aromatic N) is 1. The lowest BCUT2D eigenvalue weighted by Gasteiger charge is -2.19. The van der Waals surface area contributed by atoms with Crippen molar-refractivity contribution in [3.05, 3.63) is 28.8 Å². The van der Waals surface area contributed by atoms with Crippen molar-refractivity contribution in [3.8, 4) is 5.75 Å². The molecule has 0 saturated carbocycles. The first-order chi connectivity index (χ1) is 8.01. The van der Waals surface area contributed by atoms with Gasteiger partial charge in [-0.15, -0.1) is 11.6 Å². The Kier molecular flexibility index (Phi) is 4.82. The maximum absolute atomic E-state index is 11.4. The van der Waals surface area contributed by atoms with Crippen molar-refractivity contribution in [3.63, 3.8) is 0 Å². The molecule has 0 bridgehead atoms. The predicted octanol–water partition coefficient (Wildman–Crippen LogP) is 2.51. The molecule has 0 atom stereocenters. The number of methoxy groups -OCH3 is 1. The van der Waals surface area contributed by atoms with Crippen LogP contribution in [0.3, 0.4) is 0 Å². The molecule has 0 spiro atoms. The third-order valence-corrected chi connectivity index (χ3v) is 3.25. The van der Waals surface area contributed by atoms with Crippen molar-refractivity contribution in [2.75, 3.05) is 20.0 Å². The van der Waals surface area contributed by atoms with Crippen LogP contribution in [-0.4, -0.2) is 30.8 Å². The van der Waals surface area contributed by atoms with Crippen molar-refractivity contribution in [1.82, 2.24) is 4.90 Å². The minimum Gasteiger partial charge on any atom is -0.496 e. The average molecular weight is 256 g/mol. The van der Waals surface area contributed by atoms with Gasteiger partial charge < -0.3 is 9.64 Å². The molecule has 1 amide bonds. The van der Waals surface area contributed by atoms with E-state index in [1.165, 1.54) is 0 Å². The number of benzene rings is 1. The summed E-state index contributed by atoms with van der Waals surface area (Å²) in [6.07, 6.45) is 0. The largest absolute Gasteiger partial charge is 0.496 e. The molecular formula is C13H18ClNO2. The molecule has 3 nitrogen and oxygen atoms in total. The smallest absolute Gasteiger partial charge is 0.237 e. The normalized spacial score (nSPS) is 10.2. The molecule has 4 heteroatoms. The molecule has 0 aromatic heterocycles. The zero-order chi connectivity index (χ0) is 13.0. The molecule has 0 unspecified atom stereocenters. The highest BCUT2D eigenvalue weighted by molar-refractivity contribution is 6.27. The molecule has 1 aromatic rings. The molecular weight excluding hydrogens is 238 g/mol. The van der Waals surface area contributed by atoms with Gasteiger partial charge in [0.25, 0.3) is 0 Å². The molecule has 0 radical (unpaired) electrons. The number of halogens is 1. The molecule has 0 saturated heterocycles. The molecule has 1 rings (SSSR count). The van der Waals surface area contributed by atoms with E-state index in [4.69, 9.17) is 16.3 Å². The molecule has 0 aliphatic carbocycles. The summed E-state index contributed by atoms with van der Waals surface area (Å²) in [7, 11) is 3.41. The van der Waals surface area contributed by atoms with Crippen LogP contribution in [0, 0.1) is 13.8 Å². The molecule has 0 fully saturated rings. The van der Waals surface area contributed by atoms with E-state index in [9.17, 15) is 4.79 Å². The second kappa shape index (κ2) is 5.92. The number of carbonyl (C=O) groups excluding carboxylic acids is 1. The number of alkyl halides is 1. The Bertz CT molecular complexity index is 418. The van der Waals surface area contributed by atoms with Crippen LogP contribution >= 0.6 is 11.6 Å². The van der Waals surface area contributed by atoms with Crippen LogP contribution in [0.1, 0.15) is 16.7 Å². The Morgan fingerprint density at radius 2 is 2.00 bits per heavy atom. The van der Waals surface area contributed by atoms with E-state index in [0.29, 0.717) is 6.54 Å². The van der Waals surface area contributed by atoms with Crippen molar-refractivity contribution in [1.29, 1.82) is 0 Å². The number of carbonyl (C=O) groups is 1. The third-order valence-electron chi connectivity index (χ3n) is 3.02. The molecule has 17 heavy (non-hydrogen) atoms. The first-order valence-corrected chi connectivity index (χ1v) is 5.97. The van der Waals surface area contributed by atoms with E-state index in [1.807, 2.05) is 26.0 Å². The van der Waals surface area contributed by atoms with Crippen molar-refractivity contribution in [2.45, 2.75) is 20.4 Å². The number of ether oxygens (including phenoxy) is 1. The molecule has 0 N–H and O–H groups in total. The molecule has 1 aromatic carbocycles. The number of amides is 1. The van der Waals surface area contributed by atoms with Gasteiger partial charge in [-0.3, -0.25) is 4.79 Å². The van der Waals surface area contributed by atoms with Crippen LogP contribution in [0.25, 0.3) is 0 Å². The summed E-state index contributed by atoms with van der Waals surface area (Å²) in [6, 6.07) is 3.91. The zero-order valence-corrected chi connectivity index (χ0v) is 11.5. The van der Waals surface area contributed by atoms with Crippen LogP contribution < -0.4 is 4.74 Å². The lowest BCUT2D eigenvalue weighted by atomic mass is 10.0. The Labute approximate surface area is 107 Å². The highest BCUT2D eigenvalue weighted by Crippen LogP contribution is 2.24. The van der Waals surface area contributed by atoms with Crippen molar-refractivity contribution >= 4 is 17.5 Å². The minimum absolute atomic E-state index is 0.0185. The molecule has 0 aliphatic heterocycles. The highest BCUT2D eigenvalue weighted by Gasteiger charge is 2.11. The lowest BCUT2D eigenvalue weighted by Crippen LogP contribution is -2.27. The van der Waals surface area contributed by atoms with E-state index in [2.05, 4.69) is 0 Å². The maximum Gasteiger partial charge on any atom is 0.237 e. The van der Waals surface area contributed by atoms with Gasteiger partial charge in [0.1, 0.15) is 11.6 Å². The van der Waals surface area contributed by atoms with E-state index in [0.717, 1.165) is 22.4 Å². The fourth-order valence-corrected chi connectivity index (χ4v) is 1.89. The summed E-state index contributed by atoms with van der Waals surface area (Å²) in [5.74, 6) is 0.821. The summed E-state index contributed by atoms with van der Waals surface area (Å²) in [4.78, 5) is 13.0. The fraction of sp³-hybridized carbons (Fsp3) is 0.462. The van der Waals surface area contributed by atoms with Gasteiger partial charge >= 0.3 is 0 Å². The van der Waals surface area contributed by atoms with Crippen LogP contribution in [-0.2, 0) is 11.3 Å². The lowest BCUT2D eigenvalue weighted by molar-refractivity contribution is -0.127. The first kappa shape index (κ1) is 13.8. The second-order valence-electron chi connectivity index (χ2n) is 4.06. The quantitative estimate of drug-likeness (QED) is 0.774. The third kappa shape index (κ3) is 3.13. The van der Waals surface area contributed by atoms with Gasteiger partial charge in [0.05, 0.1) is 7.11 Å². The Balaban J connectivity index is 2.93. The first-order valence-electron chi connectivity index (χ1n) is 5.44. The van der Waals surface area contributed by atoms with Gasteiger partial charge in [-0.1, -0.05) is 6.07 Å². The predicted molar refractivity (Wildman–Crippen MR) is 69.7 cm³/mol. The van der Waals surface area contributed by atoms with Gasteiger partial charge in [-0.05, 0) is 36.6 Å². The Morgan fingerprint density at radius 3 is 2.53 bits per heavy atom. The average Bonchev–Trinajstić information content (AvgIpc) is 2.34. The van der Waals surface area contributed by atoms with E-state index < -0.39 is 0 Å². The summed E-state index contributed by atoms with van der Waals surface area (Å²) in [5.41, 5.74) is 3.37. The second-order valence-corrected chi connectivity index (χ2v) is 4.33. The van der Waals surface area contributed by atoms with Gasteiger partial charge in [-0.25, -0.2) is 0 Å². The van der Waals surface area contributed by atoms with Crippen LogP contribution in [0.2, 0.25) is 0 Å².